The number of rotatable bonds is 10. The highest BCUT2D eigenvalue weighted by Gasteiger charge is 2.31. The Labute approximate surface area is 193 Å². The largest absolute Gasteiger partial charge is 0.495 e. The van der Waals surface area contributed by atoms with Crippen molar-refractivity contribution in [3.8, 4) is 5.75 Å². The van der Waals surface area contributed by atoms with Crippen molar-refractivity contribution in [1.82, 2.24) is 4.72 Å². The number of carbonyl (C=O) groups is 2. The molecule has 14 heteroatoms. The molecule has 178 valence electrons. The summed E-state index contributed by atoms with van der Waals surface area (Å²) in [6.07, 6.45) is -1.50. The van der Waals surface area contributed by atoms with Crippen molar-refractivity contribution in [3.63, 3.8) is 0 Å². The number of ether oxygens (including phenoxy) is 2. The number of nitro groups is 1. The van der Waals surface area contributed by atoms with Gasteiger partial charge in [0.15, 0.2) is 6.61 Å². The standard InChI is InChI=1S/C19H20ClN3O9S/c1-11(24)18(22-33(29,30)14-6-3-12(20)4-7-14)19(26)32-10-17(25)21-15-9-13(23(27)28)5-8-16(15)31-2/h3-9,11,18,22,24H,10H2,1-2H3,(H,21,25)/t11-,18-/m0/s1. The van der Waals surface area contributed by atoms with Gasteiger partial charge < -0.3 is 19.9 Å². The van der Waals surface area contributed by atoms with E-state index in [0.29, 0.717) is 5.02 Å². The third-order valence-corrected chi connectivity index (χ3v) is 5.86. The summed E-state index contributed by atoms with van der Waals surface area (Å²) in [6.45, 7) is 0.293. The maximum Gasteiger partial charge on any atom is 0.327 e. The lowest BCUT2D eigenvalue weighted by Crippen LogP contribution is -2.48. The van der Waals surface area contributed by atoms with Crippen LogP contribution in [-0.2, 0) is 24.3 Å². The number of aliphatic hydroxyl groups is 1. The predicted molar refractivity (Wildman–Crippen MR) is 116 cm³/mol. The number of esters is 1. The minimum absolute atomic E-state index is 0.0386. The molecule has 33 heavy (non-hydrogen) atoms. The number of hydrogen-bond acceptors (Lipinski definition) is 9. The normalized spacial score (nSPS) is 13.0. The van der Waals surface area contributed by atoms with Gasteiger partial charge in [-0.1, -0.05) is 11.6 Å². The van der Waals surface area contributed by atoms with Crippen LogP contribution in [0.4, 0.5) is 11.4 Å². The van der Waals surface area contributed by atoms with E-state index >= 15 is 0 Å². The van der Waals surface area contributed by atoms with Crippen LogP contribution in [-0.4, -0.2) is 56.2 Å². The summed E-state index contributed by atoms with van der Waals surface area (Å²) < 4.78 is 36.8. The van der Waals surface area contributed by atoms with Gasteiger partial charge in [-0.05, 0) is 37.3 Å². The Hall–Kier alpha value is -3.26. The number of carbonyl (C=O) groups excluding carboxylic acids is 2. The number of methoxy groups -OCH3 is 1. The first-order valence-corrected chi connectivity index (χ1v) is 11.1. The van der Waals surface area contributed by atoms with Crippen LogP contribution in [0.25, 0.3) is 0 Å². The number of nitro benzene ring substituents is 1. The molecule has 3 N–H and O–H groups in total. The van der Waals surface area contributed by atoms with Gasteiger partial charge in [-0.3, -0.25) is 19.7 Å². The van der Waals surface area contributed by atoms with Crippen molar-refractivity contribution in [2.24, 2.45) is 0 Å². The second-order valence-electron chi connectivity index (χ2n) is 6.59. The summed E-state index contributed by atoms with van der Waals surface area (Å²) in [6, 6.07) is 6.85. The summed E-state index contributed by atoms with van der Waals surface area (Å²) in [5.41, 5.74) is -0.350. The fourth-order valence-electron chi connectivity index (χ4n) is 2.51. The Morgan fingerprint density at radius 1 is 1.21 bits per heavy atom. The molecule has 2 aromatic rings. The molecule has 0 radical (unpaired) electrons. The molecule has 0 bridgehead atoms. The number of sulfonamides is 1. The van der Waals surface area contributed by atoms with E-state index < -0.39 is 45.6 Å². The summed E-state index contributed by atoms with van der Waals surface area (Å²) >= 11 is 5.73. The minimum atomic E-state index is -4.23. The lowest BCUT2D eigenvalue weighted by Gasteiger charge is -2.20. The lowest BCUT2D eigenvalue weighted by atomic mass is 10.2. The number of hydrogen-bond donors (Lipinski definition) is 3. The van der Waals surface area contributed by atoms with E-state index in [4.69, 9.17) is 21.1 Å². The van der Waals surface area contributed by atoms with Crippen molar-refractivity contribution in [2.75, 3.05) is 19.0 Å². The molecular formula is C19H20ClN3O9S. The molecule has 2 aromatic carbocycles. The van der Waals surface area contributed by atoms with Crippen LogP contribution in [0.2, 0.25) is 5.02 Å². The maximum atomic E-state index is 12.5. The monoisotopic (exact) mass is 501 g/mol. The van der Waals surface area contributed by atoms with Gasteiger partial charge in [0.1, 0.15) is 11.8 Å². The molecule has 0 aliphatic heterocycles. The second-order valence-corrected chi connectivity index (χ2v) is 8.74. The number of nitrogens with zero attached hydrogens (tertiary/aromatic N) is 1. The zero-order valence-corrected chi connectivity index (χ0v) is 18.9. The zero-order chi connectivity index (χ0) is 24.8. The first-order valence-electron chi connectivity index (χ1n) is 9.19. The van der Waals surface area contributed by atoms with E-state index in [1.165, 1.54) is 43.5 Å². The minimum Gasteiger partial charge on any atom is -0.495 e. The van der Waals surface area contributed by atoms with Crippen LogP contribution in [0.1, 0.15) is 6.92 Å². The van der Waals surface area contributed by atoms with Gasteiger partial charge in [0.2, 0.25) is 10.0 Å². The van der Waals surface area contributed by atoms with Gasteiger partial charge in [0.25, 0.3) is 11.6 Å². The van der Waals surface area contributed by atoms with E-state index in [-0.39, 0.29) is 22.0 Å². The fourth-order valence-corrected chi connectivity index (χ4v) is 3.90. The molecular weight excluding hydrogens is 482 g/mol. The van der Waals surface area contributed by atoms with Gasteiger partial charge in [-0.15, -0.1) is 0 Å². The molecule has 0 spiro atoms. The number of amides is 1. The average Bonchev–Trinajstić information content (AvgIpc) is 2.75. The summed E-state index contributed by atoms with van der Waals surface area (Å²) in [5, 5.41) is 23.4. The number of aliphatic hydroxyl groups excluding tert-OH is 1. The molecule has 0 aliphatic rings. The third kappa shape index (κ3) is 7.12. The molecule has 0 aromatic heterocycles. The van der Waals surface area contributed by atoms with Crippen molar-refractivity contribution in [1.29, 1.82) is 0 Å². The Balaban J connectivity index is 2.06. The van der Waals surface area contributed by atoms with E-state index in [9.17, 15) is 33.2 Å². The molecule has 2 rings (SSSR count). The zero-order valence-electron chi connectivity index (χ0n) is 17.3. The molecule has 0 unspecified atom stereocenters. The highest BCUT2D eigenvalue weighted by Crippen LogP contribution is 2.28. The molecule has 1 amide bonds. The lowest BCUT2D eigenvalue weighted by molar-refractivity contribution is -0.384. The smallest absolute Gasteiger partial charge is 0.327 e. The van der Waals surface area contributed by atoms with Crippen molar-refractivity contribution in [3.05, 3.63) is 57.6 Å². The fraction of sp³-hybridized carbons (Fsp3) is 0.263. The Morgan fingerprint density at radius 3 is 2.39 bits per heavy atom. The van der Waals surface area contributed by atoms with Gasteiger partial charge in [0, 0.05) is 17.2 Å². The van der Waals surface area contributed by atoms with E-state index in [0.717, 1.165) is 13.0 Å². The van der Waals surface area contributed by atoms with Crippen LogP contribution in [0, 0.1) is 10.1 Å². The Morgan fingerprint density at radius 2 is 1.85 bits per heavy atom. The number of non-ortho nitro benzene ring substituents is 1. The van der Waals surface area contributed by atoms with Crippen LogP contribution >= 0.6 is 11.6 Å². The molecule has 0 saturated heterocycles. The second kappa shape index (κ2) is 11.0. The SMILES string of the molecule is COc1ccc([N+](=O)[O-])cc1NC(=O)COC(=O)[C@@H](NS(=O)(=O)c1ccc(Cl)cc1)[C@H](C)O. The van der Waals surface area contributed by atoms with Gasteiger partial charge >= 0.3 is 5.97 Å². The maximum absolute atomic E-state index is 12.5. The number of nitrogens with one attached hydrogen (secondary N) is 2. The van der Waals surface area contributed by atoms with Crippen molar-refractivity contribution in [2.45, 2.75) is 24.0 Å². The third-order valence-electron chi connectivity index (χ3n) is 4.16. The van der Waals surface area contributed by atoms with Crippen molar-refractivity contribution < 1.29 is 37.5 Å². The quantitative estimate of drug-likeness (QED) is 0.247. The van der Waals surface area contributed by atoms with E-state index in [1.807, 2.05) is 4.72 Å². The molecule has 0 aliphatic carbocycles. The first-order chi connectivity index (χ1) is 15.4. The first kappa shape index (κ1) is 26.0. The summed E-state index contributed by atoms with van der Waals surface area (Å²) in [4.78, 5) is 34.6. The molecule has 0 fully saturated rings. The molecule has 0 heterocycles. The molecule has 2 atom stereocenters. The number of anilines is 1. The van der Waals surface area contributed by atoms with E-state index in [2.05, 4.69) is 5.32 Å². The van der Waals surface area contributed by atoms with Crippen molar-refractivity contribution >= 4 is 44.9 Å². The summed E-state index contributed by atoms with van der Waals surface area (Å²) in [7, 11) is -2.94. The predicted octanol–water partition coefficient (Wildman–Crippen LogP) is 1.47. The Kier molecular flexibility index (Phi) is 8.70. The van der Waals surface area contributed by atoms with E-state index in [1.54, 1.807) is 0 Å². The highest BCUT2D eigenvalue weighted by atomic mass is 35.5. The van der Waals surface area contributed by atoms with Crippen LogP contribution in [0.15, 0.2) is 47.4 Å². The van der Waals surface area contributed by atoms with Crippen LogP contribution in [0.3, 0.4) is 0 Å². The molecule has 0 saturated carbocycles. The average molecular weight is 502 g/mol. The summed E-state index contributed by atoms with van der Waals surface area (Å²) in [5.74, 6) is -1.98. The Bertz CT molecular complexity index is 1140. The van der Waals surface area contributed by atoms with Crippen LogP contribution < -0.4 is 14.8 Å². The topological polar surface area (TPSA) is 174 Å². The van der Waals surface area contributed by atoms with Gasteiger partial charge in [0.05, 0.1) is 28.7 Å². The number of halogens is 1. The van der Waals surface area contributed by atoms with Crippen LogP contribution in [0.5, 0.6) is 5.75 Å². The molecule has 12 nitrogen and oxygen atoms in total. The van der Waals surface area contributed by atoms with Gasteiger partial charge in [-0.25, -0.2) is 8.42 Å². The number of benzene rings is 2. The van der Waals surface area contributed by atoms with Gasteiger partial charge in [-0.2, -0.15) is 4.72 Å². The highest BCUT2D eigenvalue weighted by molar-refractivity contribution is 7.89.